The first-order valence-corrected chi connectivity index (χ1v) is 6.27. The van der Waals surface area contributed by atoms with E-state index in [-0.39, 0.29) is 0 Å². The Morgan fingerprint density at radius 3 is 2.82 bits per heavy atom. The molecular formula is C13H18N4. The molecule has 3 rings (SSSR count). The van der Waals surface area contributed by atoms with Gasteiger partial charge >= 0.3 is 0 Å². The van der Waals surface area contributed by atoms with Gasteiger partial charge in [-0.25, -0.2) is 4.98 Å². The molecule has 0 spiro atoms. The second kappa shape index (κ2) is 4.37. The molecule has 2 aromatic heterocycles. The van der Waals surface area contributed by atoms with Crippen molar-refractivity contribution < 1.29 is 0 Å². The van der Waals surface area contributed by atoms with Crippen LogP contribution in [-0.2, 0) is 6.42 Å². The van der Waals surface area contributed by atoms with Crippen molar-refractivity contribution in [3.8, 4) is 0 Å². The number of nitrogens with two attached hydrogens (primary N) is 1. The SMILES string of the molecule is Nc1ccc2nc(CCN3CCCC3)cn2c1. The fourth-order valence-corrected chi connectivity index (χ4v) is 2.46. The van der Waals surface area contributed by atoms with Crippen LogP contribution in [0.5, 0.6) is 0 Å². The third-order valence-electron chi connectivity index (χ3n) is 3.41. The molecule has 0 unspecified atom stereocenters. The number of hydrogen-bond donors (Lipinski definition) is 1. The first kappa shape index (κ1) is 10.6. The van der Waals surface area contributed by atoms with Crippen molar-refractivity contribution in [3.05, 3.63) is 30.2 Å². The second-order valence-electron chi connectivity index (χ2n) is 4.76. The lowest BCUT2D eigenvalue weighted by atomic mass is 10.3. The molecular weight excluding hydrogens is 212 g/mol. The summed E-state index contributed by atoms with van der Waals surface area (Å²) < 4.78 is 2.01. The Balaban J connectivity index is 1.72. The van der Waals surface area contributed by atoms with Crippen LogP contribution >= 0.6 is 0 Å². The van der Waals surface area contributed by atoms with Crippen molar-refractivity contribution in [2.75, 3.05) is 25.4 Å². The maximum Gasteiger partial charge on any atom is 0.137 e. The molecule has 1 aliphatic rings. The number of pyridine rings is 1. The van der Waals surface area contributed by atoms with E-state index in [0.29, 0.717) is 0 Å². The maximum absolute atomic E-state index is 5.75. The van der Waals surface area contributed by atoms with Gasteiger partial charge in [-0.05, 0) is 38.1 Å². The van der Waals surface area contributed by atoms with Gasteiger partial charge < -0.3 is 15.0 Å². The molecule has 90 valence electrons. The maximum atomic E-state index is 5.75. The summed E-state index contributed by atoms with van der Waals surface area (Å²) in [5.41, 5.74) is 8.67. The predicted molar refractivity (Wildman–Crippen MR) is 69.0 cm³/mol. The van der Waals surface area contributed by atoms with Gasteiger partial charge in [0.15, 0.2) is 0 Å². The minimum Gasteiger partial charge on any atom is -0.398 e. The largest absolute Gasteiger partial charge is 0.398 e. The monoisotopic (exact) mass is 230 g/mol. The molecule has 4 heteroatoms. The molecule has 0 aromatic carbocycles. The number of nitrogens with zero attached hydrogens (tertiary/aromatic N) is 3. The molecule has 0 atom stereocenters. The van der Waals surface area contributed by atoms with Crippen LogP contribution in [0.25, 0.3) is 5.65 Å². The fourth-order valence-electron chi connectivity index (χ4n) is 2.46. The van der Waals surface area contributed by atoms with Crippen molar-refractivity contribution >= 4 is 11.3 Å². The minimum absolute atomic E-state index is 0.779. The van der Waals surface area contributed by atoms with E-state index >= 15 is 0 Å². The summed E-state index contributed by atoms with van der Waals surface area (Å²) in [6, 6.07) is 3.86. The van der Waals surface area contributed by atoms with Crippen LogP contribution in [0.15, 0.2) is 24.5 Å². The predicted octanol–water partition coefficient (Wildman–Crippen LogP) is 1.55. The van der Waals surface area contributed by atoms with E-state index < -0.39 is 0 Å². The van der Waals surface area contributed by atoms with Crippen molar-refractivity contribution in [1.29, 1.82) is 0 Å². The lowest BCUT2D eigenvalue weighted by molar-refractivity contribution is 0.342. The normalized spacial score (nSPS) is 16.9. The lowest BCUT2D eigenvalue weighted by Crippen LogP contribution is -2.21. The molecule has 0 saturated carbocycles. The highest BCUT2D eigenvalue weighted by Gasteiger charge is 2.11. The van der Waals surface area contributed by atoms with Crippen molar-refractivity contribution in [2.45, 2.75) is 19.3 Å². The van der Waals surface area contributed by atoms with Crippen molar-refractivity contribution in [1.82, 2.24) is 14.3 Å². The van der Waals surface area contributed by atoms with Gasteiger partial charge in [0.25, 0.3) is 0 Å². The Kier molecular flexibility index (Phi) is 2.73. The molecule has 0 amide bonds. The summed E-state index contributed by atoms with van der Waals surface area (Å²) in [7, 11) is 0. The number of anilines is 1. The van der Waals surface area contributed by atoms with E-state index in [0.717, 1.165) is 30.0 Å². The molecule has 1 fully saturated rings. The Bertz CT molecular complexity index is 511. The number of nitrogen functional groups attached to an aromatic ring is 1. The van der Waals surface area contributed by atoms with Crippen LogP contribution in [0.3, 0.4) is 0 Å². The number of fused-ring (bicyclic) bond motifs is 1. The molecule has 4 nitrogen and oxygen atoms in total. The Morgan fingerprint density at radius 2 is 2.00 bits per heavy atom. The first-order chi connectivity index (χ1) is 8.31. The van der Waals surface area contributed by atoms with E-state index in [1.54, 1.807) is 0 Å². The van der Waals surface area contributed by atoms with Crippen molar-refractivity contribution in [3.63, 3.8) is 0 Å². The standard InChI is InChI=1S/C13H18N4/c14-11-3-4-13-15-12(10-17(13)9-11)5-8-16-6-1-2-7-16/h3-4,9-10H,1-2,5-8,14H2. The molecule has 2 N–H and O–H groups in total. The van der Waals surface area contributed by atoms with Gasteiger partial charge in [0.1, 0.15) is 5.65 Å². The summed E-state index contributed by atoms with van der Waals surface area (Å²) in [6.07, 6.45) is 7.73. The molecule has 0 aliphatic carbocycles. The lowest BCUT2D eigenvalue weighted by Gasteiger charge is -2.12. The van der Waals surface area contributed by atoms with Crippen LogP contribution < -0.4 is 5.73 Å². The molecule has 3 heterocycles. The summed E-state index contributed by atoms with van der Waals surface area (Å²) >= 11 is 0. The molecule has 1 aliphatic heterocycles. The highest BCUT2D eigenvalue weighted by molar-refractivity contribution is 5.48. The number of likely N-dealkylation sites (tertiary alicyclic amines) is 1. The summed E-state index contributed by atoms with van der Waals surface area (Å²) in [4.78, 5) is 7.11. The van der Waals surface area contributed by atoms with E-state index in [9.17, 15) is 0 Å². The minimum atomic E-state index is 0.779. The number of imidazole rings is 1. The highest BCUT2D eigenvalue weighted by Crippen LogP contribution is 2.11. The molecule has 0 radical (unpaired) electrons. The van der Waals surface area contributed by atoms with Crippen molar-refractivity contribution in [2.24, 2.45) is 0 Å². The number of aromatic nitrogens is 2. The third-order valence-corrected chi connectivity index (χ3v) is 3.41. The molecule has 1 saturated heterocycles. The average Bonchev–Trinajstić information content (AvgIpc) is 2.94. The van der Waals surface area contributed by atoms with Crippen LogP contribution in [0.1, 0.15) is 18.5 Å². The zero-order valence-electron chi connectivity index (χ0n) is 9.97. The van der Waals surface area contributed by atoms with Crippen LogP contribution in [0.2, 0.25) is 0 Å². The van der Waals surface area contributed by atoms with Gasteiger partial charge in [-0.15, -0.1) is 0 Å². The fraction of sp³-hybridized carbons (Fsp3) is 0.462. The van der Waals surface area contributed by atoms with Gasteiger partial charge in [0.05, 0.1) is 5.69 Å². The van der Waals surface area contributed by atoms with E-state index in [4.69, 9.17) is 5.73 Å². The first-order valence-electron chi connectivity index (χ1n) is 6.27. The number of hydrogen-bond acceptors (Lipinski definition) is 3. The highest BCUT2D eigenvalue weighted by atomic mass is 15.1. The Hall–Kier alpha value is -1.55. The molecule has 2 aromatic rings. The van der Waals surface area contributed by atoms with E-state index in [1.165, 1.54) is 25.9 Å². The van der Waals surface area contributed by atoms with Crippen LogP contribution in [0.4, 0.5) is 5.69 Å². The van der Waals surface area contributed by atoms with Gasteiger partial charge in [0.2, 0.25) is 0 Å². The summed E-state index contributed by atoms with van der Waals surface area (Å²) in [5, 5.41) is 0. The quantitative estimate of drug-likeness (QED) is 0.870. The Labute approximate surface area is 101 Å². The topological polar surface area (TPSA) is 46.6 Å². The number of rotatable bonds is 3. The zero-order valence-corrected chi connectivity index (χ0v) is 9.97. The van der Waals surface area contributed by atoms with E-state index in [2.05, 4.69) is 16.1 Å². The van der Waals surface area contributed by atoms with Crippen LogP contribution in [0, 0.1) is 0 Å². The third kappa shape index (κ3) is 2.26. The van der Waals surface area contributed by atoms with Crippen LogP contribution in [-0.4, -0.2) is 33.9 Å². The molecule has 0 bridgehead atoms. The van der Waals surface area contributed by atoms with Gasteiger partial charge in [-0.2, -0.15) is 0 Å². The zero-order chi connectivity index (χ0) is 11.7. The second-order valence-corrected chi connectivity index (χ2v) is 4.76. The smallest absolute Gasteiger partial charge is 0.137 e. The average molecular weight is 230 g/mol. The molecule has 17 heavy (non-hydrogen) atoms. The van der Waals surface area contributed by atoms with Gasteiger partial charge in [0, 0.05) is 31.0 Å². The summed E-state index contributed by atoms with van der Waals surface area (Å²) in [6.45, 7) is 3.63. The Morgan fingerprint density at radius 1 is 1.18 bits per heavy atom. The van der Waals surface area contributed by atoms with Gasteiger partial charge in [-0.1, -0.05) is 0 Å². The van der Waals surface area contributed by atoms with Gasteiger partial charge in [-0.3, -0.25) is 0 Å². The summed E-state index contributed by atoms with van der Waals surface area (Å²) in [5.74, 6) is 0. The van der Waals surface area contributed by atoms with E-state index in [1.807, 2.05) is 22.7 Å².